The Kier molecular flexibility index (Phi) is 8.22. The van der Waals surface area contributed by atoms with Crippen LogP contribution >= 0.6 is 11.5 Å². The number of ether oxygens (including phenoxy) is 1. The van der Waals surface area contributed by atoms with E-state index in [0.29, 0.717) is 24.9 Å². The zero-order valence-corrected chi connectivity index (χ0v) is 23.8. The Hall–Kier alpha value is -2.93. The first kappa shape index (κ1) is 27.1. The molecule has 1 aliphatic heterocycles. The number of piperidine rings is 1. The molecule has 1 aliphatic rings. The molecule has 198 valence electrons. The third-order valence-electron chi connectivity index (χ3n) is 6.84. The van der Waals surface area contributed by atoms with Gasteiger partial charge in [0.2, 0.25) is 0 Å². The lowest BCUT2D eigenvalue weighted by Crippen LogP contribution is -2.41. The second kappa shape index (κ2) is 11.2. The van der Waals surface area contributed by atoms with Gasteiger partial charge in [0.15, 0.2) is 5.82 Å². The van der Waals surface area contributed by atoms with Crippen molar-refractivity contribution in [2.75, 3.05) is 18.8 Å². The predicted octanol–water partition coefficient (Wildman–Crippen LogP) is 7.33. The Balaban J connectivity index is 1.53. The van der Waals surface area contributed by atoms with Gasteiger partial charge in [0.05, 0.1) is 0 Å². The van der Waals surface area contributed by atoms with Crippen LogP contribution in [0, 0.1) is 5.92 Å². The van der Waals surface area contributed by atoms with Gasteiger partial charge in [-0.05, 0) is 92.6 Å². The van der Waals surface area contributed by atoms with Crippen molar-refractivity contribution >= 4 is 23.3 Å². The maximum absolute atomic E-state index is 12.5. The SMILES string of the molecule is CCc1c(-c2nsc(-c3ccc(CC(C)C)c(N)c3)n2)cccc1C1CCN(C(=O)OC(C)(C)C)CC1. The number of amides is 1. The summed E-state index contributed by atoms with van der Waals surface area (Å²) >= 11 is 1.42. The molecule has 4 rings (SSSR count). The van der Waals surface area contributed by atoms with Gasteiger partial charge in [-0.1, -0.05) is 51.1 Å². The van der Waals surface area contributed by atoms with E-state index in [1.54, 1.807) is 0 Å². The van der Waals surface area contributed by atoms with E-state index < -0.39 is 5.60 Å². The largest absolute Gasteiger partial charge is 0.444 e. The van der Waals surface area contributed by atoms with Crippen LogP contribution in [0.1, 0.15) is 77.0 Å². The minimum Gasteiger partial charge on any atom is -0.444 e. The zero-order chi connectivity index (χ0) is 26.7. The highest BCUT2D eigenvalue weighted by molar-refractivity contribution is 7.09. The summed E-state index contributed by atoms with van der Waals surface area (Å²) in [6.45, 7) is 13.7. The number of rotatable bonds is 6. The molecule has 0 saturated carbocycles. The molecule has 2 heterocycles. The number of benzene rings is 2. The topological polar surface area (TPSA) is 81.3 Å². The number of nitrogen functional groups attached to an aromatic ring is 1. The number of anilines is 1. The maximum atomic E-state index is 12.5. The monoisotopic (exact) mass is 520 g/mol. The van der Waals surface area contributed by atoms with Crippen LogP contribution in [0.3, 0.4) is 0 Å². The second-order valence-corrected chi connectivity index (χ2v) is 12.2. The molecule has 6 nitrogen and oxygen atoms in total. The number of hydrogen-bond acceptors (Lipinski definition) is 6. The number of nitrogens with zero attached hydrogens (tertiary/aromatic N) is 3. The Morgan fingerprint density at radius 1 is 1.19 bits per heavy atom. The van der Waals surface area contributed by atoms with Crippen LogP contribution in [0.15, 0.2) is 36.4 Å². The van der Waals surface area contributed by atoms with E-state index in [0.717, 1.165) is 53.3 Å². The molecule has 2 N–H and O–H groups in total. The fourth-order valence-electron chi connectivity index (χ4n) is 5.09. The van der Waals surface area contributed by atoms with Crippen LogP contribution in [0.4, 0.5) is 10.5 Å². The summed E-state index contributed by atoms with van der Waals surface area (Å²) in [5.74, 6) is 1.74. The molecule has 0 spiro atoms. The summed E-state index contributed by atoms with van der Waals surface area (Å²) in [5.41, 5.74) is 12.6. The Morgan fingerprint density at radius 2 is 1.92 bits per heavy atom. The van der Waals surface area contributed by atoms with Crippen molar-refractivity contribution < 1.29 is 9.53 Å². The first-order valence-corrected chi connectivity index (χ1v) is 14.2. The fraction of sp³-hybridized carbons (Fsp3) is 0.500. The van der Waals surface area contributed by atoms with Crippen LogP contribution in [-0.2, 0) is 17.6 Å². The molecular weight excluding hydrogens is 480 g/mol. The molecule has 1 saturated heterocycles. The van der Waals surface area contributed by atoms with Crippen molar-refractivity contribution in [3.63, 3.8) is 0 Å². The van der Waals surface area contributed by atoms with Gasteiger partial charge in [0.1, 0.15) is 10.6 Å². The number of carbonyl (C=O) groups is 1. The summed E-state index contributed by atoms with van der Waals surface area (Å²) in [6.07, 6.45) is 3.51. The summed E-state index contributed by atoms with van der Waals surface area (Å²) in [5, 5.41) is 0.885. The minimum absolute atomic E-state index is 0.215. The molecule has 37 heavy (non-hydrogen) atoms. The second-order valence-electron chi connectivity index (χ2n) is 11.4. The average molecular weight is 521 g/mol. The molecule has 0 radical (unpaired) electrons. The highest BCUT2D eigenvalue weighted by atomic mass is 32.1. The maximum Gasteiger partial charge on any atom is 0.410 e. The Labute approximate surface area is 225 Å². The van der Waals surface area contributed by atoms with Gasteiger partial charge < -0.3 is 15.4 Å². The molecule has 1 fully saturated rings. The van der Waals surface area contributed by atoms with Gasteiger partial charge in [-0.3, -0.25) is 0 Å². The number of nitrogens with two attached hydrogens (primary N) is 1. The van der Waals surface area contributed by atoms with Crippen molar-refractivity contribution in [1.82, 2.24) is 14.3 Å². The normalized spacial score (nSPS) is 14.8. The predicted molar refractivity (Wildman–Crippen MR) is 153 cm³/mol. The van der Waals surface area contributed by atoms with Crippen molar-refractivity contribution in [3.05, 3.63) is 53.1 Å². The molecule has 1 amide bonds. The van der Waals surface area contributed by atoms with Crippen LogP contribution in [0.5, 0.6) is 0 Å². The van der Waals surface area contributed by atoms with Gasteiger partial charge in [-0.15, -0.1) is 0 Å². The lowest BCUT2D eigenvalue weighted by molar-refractivity contribution is 0.0204. The standard InChI is InChI=1S/C30H40N4O2S/c1-7-23-24(20-13-15-34(16-14-20)29(35)36-30(4,5)6)9-8-10-25(23)27-32-28(37-33-27)22-12-11-21(17-19(2)3)26(31)18-22/h8-12,18-20H,7,13-17,31H2,1-6H3. The number of carbonyl (C=O) groups excluding carboxylic acids is 1. The van der Waals surface area contributed by atoms with E-state index in [4.69, 9.17) is 19.8 Å². The smallest absolute Gasteiger partial charge is 0.410 e. The van der Waals surface area contributed by atoms with Gasteiger partial charge in [0, 0.05) is 29.9 Å². The molecule has 3 aromatic rings. The van der Waals surface area contributed by atoms with E-state index in [2.05, 4.69) is 51.1 Å². The van der Waals surface area contributed by atoms with Crippen molar-refractivity contribution in [3.8, 4) is 22.0 Å². The zero-order valence-electron chi connectivity index (χ0n) is 23.0. The number of likely N-dealkylation sites (tertiary alicyclic amines) is 1. The molecule has 2 aromatic carbocycles. The summed E-state index contributed by atoms with van der Waals surface area (Å²) in [4.78, 5) is 19.3. The molecular formula is C30H40N4O2S. The first-order valence-electron chi connectivity index (χ1n) is 13.4. The van der Waals surface area contributed by atoms with Gasteiger partial charge in [-0.2, -0.15) is 4.37 Å². The first-order chi connectivity index (χ1) is 17.6. The van der Waals surface area contributed by atoms with E-state index in [1.807, 2.05) is 31.7 Å². The van der Waals surface area contributed by atoms with Crippen molar-refractivity contribution in [1.29, 1.82) is 0 Å². The number of hydrogen-bond donors (Lipinski definition) is 1. The van der Waals surface area contributed by atoms with Gasteiger partial charge >= 0.3 is 6.09 Å². The Bertz CT molecular complexity index is 1240. The van der Waals surface area contributed by atoms with E-state index in [1.165, 1.54) is 28.2 Å². The molecule has 7 heteroatoms. The van der Waals surface area contributed by atoms with Crippen LogP contribution < -0.4 is 5.73 Å². The van der Waals surface area contributed by atoms with Crippen molar-refractivity contribution in [2.45, 2.75) is 78.7 Å². The van der Waals surface area contributed by atoms with Crippen molar-refractivity contribution in [2.24, 2.45) is 5.92 Å². The summed E-state index contributed by atoms with van der Waals surface area (Å²) in [7, 11) is 0. The minimum atomic E-state index is -0.473. The number of aromatic nitrogens is 2. The average Bonchev–Trinajstić information content (AvgIpc) is 3.34. The fourth-order valence-corrected chi connectivity index (χ4v) is 5.77. The lowest BCUT2D eigenvalue weighted by atomic mass is 9.84. The van der Waals surface area contributed by atoms with Gasteiger partial charge in [0.25, 0.3) is 0 Å². The highest BCUT2D eigenvalue weighted by Gasteiger charge is 2.29. The molecule has 0 aliphatic carbocycles. The van der Waals surface area contributed by atoms with Crippen LogP contribution in [0.2, 0.25) is 0 Å². The van der Waals surface area contributed by atoms with Crippen LogP contribution in [0.25, 0.3) is 22.0 Å². The van der Waals surface area contributed by atoms with E-state index in [9.17, 15) is 4.79 Å². The molecule has 1 aromatic heterocycles. The third kappa shape index (κ3) is 6.50. The quantitative estimate of drug-likeness (QED) is 0.344. The van der Waals surface area contributed by atoms with E-state index >= 15 is 0 Å². The summed E-state index contributed by atoms with van der Waals surface area (Å²) < 4.78 is 10.3. The Morgan fingerprint density at radius 3 is 2.54 bits per heavy atom. The van der Waals surface area contributed by atoms with Gasteiger partial charge in [-0.25, -0.2) is 9.78 Å². The molecule has 0 unspecified atom stereocenters. The molecule has 0 bridgehead atoms. The lowest BCUT2D eigenvalue weighted by Gasteiger charge is -2.34. The van der Waals surface area contributed by atoms with Crippen LogP contribution in [-0.4, -0.2) is 39.0 Å². The molecule has 0 atom stereocenters. The van der Waals surface area contributed by atoms with E-state index in [-0.39, 0.29) is 6.09 Å². The summed E-state index contributed by atoms with van der Waals surface area (Å²) in [6, 6.07) is 12.7. The highest BCUT2D eigenvalue weighted by Crippen LogP contribution is 2.37. The third-order valence-corrected chi connectivity index (χ3v) is 7.60.